The van der Waals surface area contributed by atoms with Gasteiger partial charge in [0.15, 0.2) is 12.0 Å². The number of amides is 1. The lowest BCUT2D eigenvalue weighted by Crippen LogP contribution is -2.29. The number of nitrogens with one attached hydrogen (secondary N) is 2. The molecule has 2 aromatic rings. The van der Waals surface area contributed by atoms with Crippen molar-refractivity contribution in [3.05, 3.63) is 29.7 Å². The average molecular weight is 258 g/mol. The van der Waals surface area contributed by atoms with Crippen molar-refractivity contribution in [1.29, 1.82) is 5.26 Å². The van der Waals surface area contributed by atoms with Crippen LogP contribution >= 0.6 is 0 Å². The van der Waals surface area contributed by atoms with Crippen molar-refractivity contribution in [3.63, 3.8) is 0 Å². The summed E-state index contributed by atoms with van der Waals surface area (Å²) in [7, 11) is 0. The molecule has 8 nitrogen and oxygen atoms in total. The molecule has 2 heterocycles. The first kappa shape index (κ1) is 12.5. The number of aromatic nitrogens is 3. The van der Waals surface area contributed by atoms with Gasteiger partial charge in [0.25, 0.3) is 5.91 Å². The second-order valence-electron chi connectivity index (χ2n) is 3.88. The molecule has 2 rings (SSSR count). The van der Waals surface area contributed by atoms with Gasteiger partial charge >= 0.3 is 5.65 Å². The van der Waals surface area contributed by atoms with Gasteiger partial charge < -0.3 is 5.73 Å². The number of hydrazone groups is 1. The molecular formula is C11H12N7O+. The van der Waals surface area contributed by atoms with Crippen LogP contribution in [0.15, 0.2) is 23.6 Å². The van der Waals surface area contributed by atoms with Crippen LogP contribution in [0, 0.1) is 18.3 Å². The number of carbonyl (C=O) groups is 1. The summed E-state index contributed by atoms with van der Waals surface area (Å²) in [5, 5.41) is 15.1. The van der Waals surface area contributed by atoms with E-state index >= 15 is 0 Å². The summed E-state index contributed by atoms with van der Waals surface area (Å²) >= 11 is 0. The van der Waals surface area contributed by atoms with Gasteiger partial charge in [-0.3, -0.25) is 4.79 Å². The van der Waals surface area contributed by atoms with E-state index in [0.29, 0.717) is 5.56 Å². The molecule has 0 fully saturated rings. The summed E-state index contributed by atoms with van der Waals surface area (Å²) in [4.78, 5) is 15.3. The molecule has 4 N–H and O–H groups in total. The number of aryl methyl sites for hydroxylation is 1. The third kappa shape index (κ3) is 2.84. The molecular weight excluding hydrogens is 246 g/mol. The Kier molecular flexibility index (Phi) is 3.38. The second kappa shape index (κ2) is 5.14. The van der Waals surface area contributed by atoms with E-state index in [9.17, 15) is 4.79 Å². The summed E-state index contributed by atoms with van der Waals surface area (Å²) in [5.41, 5.74) is 10.2. The van der Waals surface area contributed by atoms with E-state index in [-0.39, 0.29) is 12.3 Å². The molecule has 0 aliphatic heterocycles. The van der Waals surface area contributed by atoms with Crippen LogP contribution in [0.5, 0.6) is 0 Å². The summed E-state index contributed by atoms with van der Waals surface area (Å²) in [6.45, 7) is 1.91. The first-order valence-corrected chi connectivity index (χ1v) is 5.46. The van der Waals surface area contributed by atoms with Gasteiger partial charge in [-0.15, -0.1) is 4.52 Å². The van der Waals surface area contributed by atoms with Crippen molar-refractivity contribution in [3.8, 4) is 6.07 Å². The third-order valence-corrected chi connectivity index (χ3v) is 2.33. The van der Waals surface area contributed by atoms with Gasteiger partial charge in [0.05, 0.1) is 17.8 Å². The Hall–Kier alpha value is -2.95. The molecule has 0 saturated heterocycles. The molecule has 0 aromatic carbocycles. The number of H-pyrrole nitrogens is 1. The van der Waals surface area contributed by atoms with Crippen LogP contribution in [0.1, 0.15) is 17.7 Å². The maximum atomic E-state index is 11.1. The van der Waals surface area contributed by atoms with Gasteiger partial charge in [-0.05, 0) is 11.9 Å². The van der Waals surface area contributed by atoms with Gasteiger partial charge in [0, 0.05) is 0 Å². The highest BCUT2D eigenvalue weighted by Crippen LogP contribution is 1.98. The van der Waals surface area contributed by atoms with Crippen molar-refractivity contribution in [2.75, 3.05) is 0 Å². The molecule has 0 radical (unpaired) electrons. The number of amidine groups is 1. The van der Waals surface area contributed by atoms with Crippen molar-refractivity contribution >= 4 is 17.4 Å². The van der Waals surface area contributed by atoms with E-state index in [4.69, 9.17) is 11.0 Å². The van der Waals surface area contributed by atoms with E-state index in [1.54, 1.807) is 23.0 Å². The van der Waals surface area contributed by atoms with E-state index in [0.717, 1.165) is 11.3 Å². The van der Waals surface area contributed by atoms with Crippen LogP contribution in [-0.4, -0.2) is 21.8 Å². The lowest BCUT2D eigenvalue weighted by Gasteiger charge is -1.98. The molecule has 19 heavy (non-hydrogen) atoms. The van der Waals surface area contributed by atoms with Crippen molar-refractivity contribution in [1.82, 2.24) is 15.5 Å². The highest BCUT2D eigenvalue weighted by atomic mass is 16.2. The molecule has 0 aliphatic rings. The summed E-state index contributed by atoms with van der Waals surface area (Å²) < 4.78 is 1.70. The predicted molar refractivity (Wildman–Crippen MR) is 65.6 cm³/mol. The number of rotatable bonds is 3. The predicted octanol–water partition coefficient (Wildman–Crippen LogP) is -0.893. The maximum absolute atomic E-state index is 11.1. The Morgan fingerprint density at radius 2 is 2.53 bits per heavy atom. The second-order valence-corrected chi connectivity index (χ2v) is 3.88. The van der Waals surface area contributed by atoms with Crippen LogP contribution in [0.25, 0.3) is 5.65 Å². The molecule has 0 spiro atoms. The Morgan fingerprint density at radius 3 is 3.26 bits per heavy atom. The number of carbonyl (C=O) groups excluding carboxylic acids is 1. The average Bonchev–Trinajstić information content (AvgIpc) is 2.75. The zero-order valence-corrected chi connectivity index (χ0v) is 10.2. The van der Waals surface area contributed by atoms with Gasteiger partial charge in [-0.25, -0.2) is 10.5 Å². The standard InChI is InChI=1S/C11H11N7O/c1-7-4-9-14-5-8(6-18(9)17-7)11(13)16-15-10(19)2-3-12/h4-6H,2H2,1H3,(H3,13,15,16,19)/p+1. The number of nitrogens with zero attached hydrogens (tertiary/aromatic N) is 4. The van der Waals surface area contributed by atoms with Gasteiger partial charge in [-0.2, -0.15) is 10.4 Å². The van der Waals surface area contributed by atoms with Gasteiger partial charge in [-0.1, -0.05) is 0 Å². The molecule has 1 amide bonds. The summed E-state index contributed by atoms with van der Waals surface area (Å²) in [6, 6.07) is 3.60. The van der Waals surface area contributed by atoms with Crippen molar-refractivity contribution in [2.24, 2.45) is 10.8 Å². The van der Waals surface area contributed by atoms with E-state index < -0.39 is 5.91 Å². The lowest BCUT2D eigenvalue weighted by atomic mass is 10.3. The highest BCUT2D eigenvalue weighted by molar-refractivity contribution is 5.97. The zero-order valence-electron chi connectivity index (χ0n) is 10.2. The van der Waals surface area contributed by atoms with Crippen LogP contribution in [0.2, 0.25) is 0 Å². The fourth-order valence-electron chi connectivity index (χ4n) is 1.48. The normalized spacial score (nSPS) is 11.3. The minimum absolute atomic E-state index is 0.112. The van der Waals surface area contributed by atoms with E-state index in [1.165, 1.54) is 0 Å². The molecule has 0 unspecified atom stereocenters. The number of fused-ring (bicyclic) bond motifs is 1. The molecule has 8 heteroatoms. The maximum Gasteiger partial charge on any atom is 0.348 e. The fraction of sp³-hybridized carbons (Fsp3) is 0.182. The largest absolute Gasteiger partial charge is 0.382 e. The SMILES string of the molecule is Cc1cc2ncc(C(N)=NNC(=O)CC#N)c[n+]2[nH]1. The third-order valence-electron chi connectivity index (χ3n) is 2.33. The van der Waals surface area contributed by atoms with Crippen LogP contribution in [-0.2, 0) is 4.79 Å². The lowest BCUT2D eigenvalue weighted by molar-refractivity contribution is -0.579. The molecule has 0 atom stereocenters. The first-order valence-electron chi connectivity index (χ1n) is 5.46. The minimum Gasteiger partial charge on any atom is -0.382 e. The minimum atomic E-state index is -0.511. The molecule has 0 bridgehead atoms. The molecule has 96 valence electrons. The van der Waals surface area contributed by atoms with Crippen LogP contribution < -0.4 is 15.7 Å². The quantitative estimate of drug-likeness (QED) is 0.286. The number of hydrogen-bond donors (Lipinski definition) is 3. The Bertz CT molecular complexity index is 695. The van der Waals surface area contributed by atoms with Gasteiger partial charge in [0.2, 0.25) is 0 Å². The topological polar surface area (TPSA) is 124 Å². The summed E-state index contributed by atoms with van der Waals surface area (Å²) in [5.74, 6) is -0.400. The first-order chi connectivity index (χ1) is 9.10. The Morgan fingerprint density at radius 1 is 1.74 bits per heavy atom. The number of nitrogens with two attached hydrogens (primary N) is 1. The van der Waals surface area contributed by atoms with Crippen molar-refractivity contribution < 1.29 is 9.31 Å². The number of hydrogen-bond acceptors (Lipinski definition) is 4. The molecule has 0 aliphatic carbocycles. The number of aromatic amines is 1. The van der Waals surface area contributed by atoms with Crippen LogP contribution in [0.4, 0.5) is 0 Å². The fourth-order valence-corrected chi connectivity index (χ4v) is 1.48. The highest BCUT2D eigenvalue weighted by Gasteiger charge is 2.11. The summed E-state index contributed by atoms with van der Waals surface area (Å²) in [6.07, 6.45) is 3.00. The molecule has 0 saturated carbocycles. The number of nitriles is 1. The Balaban J connectivity index is 2.21. The van der Waals surface area contributed by atoms with E-state index in [2.05, 4.69) is 20.6 Å². The zero-order chi connectivity index (χ0) is 13.8. The monoisotopic (exact) mass is 258 g/mol. The Labute approximate surface area is 108 Å². The van der Waals surface area contributed by atoms with Gasteiger partial charge in [0.1, 0.15) is 18.2 Å². The van der Waals surface area contributed by atoms with E-state index in [1.807, 2.05) is 13.0 Å². The smallest absolute Gasteiger partial charge is 0.348 e. The molecule has 2 aromatic heterocycles. The van der Waals surface area contributed by atoms with Crippen LogP contribution in [0.3, 0.4) is 0 Å². The van der Waals surface area contributed by atoms with Crippen molar-refractivity contribution in [2.45, 2.75) is 13.3 Å².